The number of methoxy groups -OCH3 is 2. The molecule has 1 aromatic rings. The van der Waals surface area contributed by atoms with Crippen molar-refractivity contribution in [1.82, 2.24) is 0 Å². The second-order valence-electron chi connectivity index (χ2n) is 5.92. The molecule has 0 radical (unpaired) electrons. The molecule has 0 saturated carbocycles. The predicted octanol–water partition coefficient (Wildman–Crippen LogP) is 3.40. The van der Waals surface area contributed by atoms with E-state index in [1.165, 1.54) is 20.3 Å². The van der Waals surface area contributed by atoms with Crippen molar-refractivity contribution in [3.05, 3.63) is 28.5 Å². The van der Waals surface area contributed by atoms with Gasteiger partial charge in [-0.1, -0.05) is 18.5 Å². The van der Waals surface area contributed by atoms with Gasteiger partial charge in [0.25, 0.3) is 0 Å². The number of hydrogen-bond acceptors (Lipinski definition) is 6. The number of Topliss-reactive ketones (excluding diaryl/α,β-unsaturated/α-hetero) is 1. The third-order valence-electron chi connectivity index (χ3n) is 4.49. The zero-order chi connectivity index (χ0) is 19.2. The quantitative estimate of drug-likeness (QED) is 0.787. The van der Waals surface area contributed by atoms with Crippen molar-refractivity contribution in [2.45, 2.75) is 25.6 Å². The Morgan fingerprint density at radius 3 is 2.54 bits per heavy atom. The first-order chi connectivity index (χ1) is 12.3. The van der Waals surface area contributed by atoms with Crippen LogP contribution in [0.4, 0.5) is 8.78 Å². The number of ether oxygens (including phenoxy) is 4. The Balaban J connectivity index is 2.24. The van der Waals surface area contributed by atoms with Crippen LogP contribution in [0.3, 0.4) is 0 Å². The summed E-state index contributed by atoms with van der Waals surface area (Å²) in [5, 5.41) is -0.0612. The number of carbonyl (C=O) groups is 2. The summed E-state index contributed by atoms with van der Waals surface area (Å²) in [5.41, 5.74) is -1.92. The number of fused-ring (bicyclic) bond motifs is 1. The lowest BCUT2D eigenvalue weighted by atomic mass is 9.75. The average Bonchev–Trinajstić information content (AvgIpc) is 2.88. The van der Waals surface area contributed by atoms with Gasteiger partial charge >= 0.3 is 6.61 Å². The van der Waals surface area contributed by atoms with E-state index in [-0.39, 0.29) is 40.0 Å². The molecule has 0 N–H and O–H groups in total. The van der Waals surface area contributed by atoms with Gasteiger partial charge < -0.3 is 18.9 Å². The molecule has 6 nitrogen and oxygen atoms in total. The van der Waals surface area contributed by atoms with Gasteiger partial charge in [0.2, 0.25) is 11.4 Å². The highest BCUT2D eigenvalue weighted by molar-refractivity contribution is 6.35. The van der Waals surface area contributed by atoms with Gasteiger partial charge in [0, 0.05) is 24.5 Å². The Morgan fingerprint density at radius 1 is 1.27 bits per heavy atom. The molecule has 26 heavy (non-hydrogen) atoms. The van der Waals surface area contributed by atoms with Crippen LogP contribution in [0.2, 0.25) is 5.02 Å². The van der Waals surface area contributed by atoms with Crippen molar-refractivity contribution in [2.24, 2.45) is 5.92 Å². The van der Waals surface area contributed by atoms with Crippen molar-refractivity contribution in [2.75, 3.05) is 14.2 Å². The number of rotatable bonds is 4. The lowest BCUT2D eigenvalue weighted by molar-refractivity contribution is -0.118. The molecular weight excluding hydrogens is 374 g/mol. The summed E-state index contributed by atoms with van der Waals surface area (Å²) in [6.45, 7) is -1.54. The highest BCUT2D eigenvalue weighted by Crippen LogP contribution is 2.54. The maximum atomic E-state index is 13.2. The summed E-state index contributed by atoms with van der Waals surface area (Å²) in [7, 11) is 2.58. The summed E-state index contributed by atoms with van der Waals surface area (Å²) >= 11 is 6.23. The molecule has 2 atom stereocenters. The molecule has 0 fully saturated rings. The van der Waals surface area contributed by atoms with Crippen molar-refractivity contribution in [3.63, 3.8) is 0 Å². The van der Waals surface area contributed by atoms with Gasteiger partial charge in [-0.3, -0.25) is 9.59 Å². The van der Waals surface area contributed by atoms with Gasteiger partial charge in [-0.05, 0) is 0 Å². The molecule has 1 aromatic carbocycles. The maximum Gasteiger partial charge on any atom is 0.387 e. The Kier molecular flexibility index (Phi) is 4.56. The molecule has 1 spiro atoms. The number of alkyl halides is 2. The molecule has 0 unspecified atom stereocenters. The Morgan fingerprint density at radius 2 is 1.96 bits per heavy atom. The van der Waals surface area contributed by atoms with Crippen molar-refractivity contribution in [1.29, 1.82) is 0 Å². The smallest absolute Gasteiger partial charge is 0.387 e. The number of carbonyl (C=O) groups excluding carboxylic acids is 2. The first-order valence-corrected chi connectivity index (χ1v) is 8.02. The highest BCUT2D eigenvalue weighted by Gasteiger charge is 2.60. The van der Waals surface area contributed by atoms with Crippen LogP contribution in [-0.4, -0.2) is 38.0 Å². The fourth-order valence-corrected chi connectivity index (χ4v) is 3.59. The van der Waals surface area contributed by atoms with Gasteiger partial charge in [0.05, 0.1) is 14.2 Å². The topological polar surface area (TPSA) is 71.1 Å². The van der Waals surface area contributed by atoms with E-state index in [4.69, 9.17) is 25.8 Å². The Labute approximate surface area is 152 Å². The first-order valence-electron chi connectivity index (χ1n) is 7.64. The lowest BCUT2D eigenvalue weighted by Gasteiger charge is -2.36. The zero-order valence-electron chi connectivity index (χ0n) is 14.1. The average molecular weight is 389 g/mol. The number of halogens is 3. The Hall–Kier alpha value is -2.35. The van der Waals surface area contributed by atoms with Crippen LogP contribution in [0.15, 0.2) is 17.9 Å². The molecule has 0 bridgehead atoms. The number of hydrogen-bond donors (Lipinski definition) is 0. The molecule has 9 heteroatoms. The van der Waals surface area contributed by atoms with E-state index in [1.807, 2.05) is 0 Å². The zero-order valence-corrected chi connectivity index (χ0v) is 14.9. The second-order valence-corrected chi connectivity index (χ2v) is 6.30. The highest BCUT2D eigenvalue weighted by atomic mass is 35.5. The van der Waals surface area contributed by atoms with Crippen LogP contribution in [0.25, 0.3) is 0 Å². The van der Waals surface area contributed by atoms with Gasteiger partial charge in [-0.2, -0.15) is 8.78 Å². The molecule has 2 aliphatic rings. The van der Waals surface area contributed by atoms with Crippen molar-refractivity contribution < 1.29 is 37.3 Å². The predicted molar refractivity (Wildman–Crippen MR) is 86.2 cm³/mol. The minimum Gasteiger partial charge on any atom is -0.496 e. The van der Waals surface area contributed by atoms with E-state index < -0.39 is 29.7 Å². The lowest BCUT2D eigenvalue weighted by Crippen LogP contribution is -2.51. The molecule has 0 aromatic heterocycles. The van der Waals surface area contributed by atoms with E-state index in [0.29, 0.717) is 0 Å². The summed E-state index contributed by atoms with van der Waals surface area (Å²) in [5.74, 6) is -2.08. The molecule has 3 rings (SSSR count). The van der Waals surface area contributed by atoms with E-state index in [1.54, 1.807) is 6.92 Å². The van der Waals surface area contributed by atoms with Gasteiger partial charge in [0.15, 0.2) is 17.3 Å². The van der Waals surface area contributed by atoms with Crippen LogP contribution >= 0.6 is 11.6 Å². The number of allylic oxidation sites excluding steroid dienone is 1. The minimum atomic E-state index is -3.17. The van der Waals surface area contributed by atoms with E-state index in [9.17, 15) is 18.4 Å². The largest absolute Gasteiger partial charge is 0.496 e. The van der Waals surface area contributed by atoms with Crippen LogP contribution in [-0.2, 0) is 9.53 Å². The molecule has 0 amide bonds. The summed E-state index contributed by atoms with van der Waals surface area (Å²) in [6, 6.07) is 1.10. The van der Waals surface area contributed by atoms with Crippen molar-refractivity contribution in [3.8, 4) is 17.2 Å². The van der Waals surface area contributed by atoms with Crippen LogP contribution in [0.1, 0.15) is 23.7 Å². The molecule has 0 saturated heterocycles. The van der Waals surface area contributed by atoms with Crippen LogP contribution < -0.4 is 14.2 Å². The molecular formula is C17H15ClF2O6. The second kappa shape index (κ2) is 6.42. The van der Waals surface area contributed by atoms with E-state index in [0.717, 1.165) is 6.07 Å². The van der Waals surface area contributed by atoms with Crippen LogP contribution in [0, 0.1) is 5.92 Å². The fraction of sp³-hybridized carbons (Fsp3) is 0.412. The maximum absolute atomic E-state index is 13.2. The summed E-state index contributed by atoms with van der Waals surface area (Å²) in [4.78, 5) is 25.1. The number of ketones is 2. The first kappa shape index (κ1) is 18.4. The monoisotopic (exact) mass is 388 g/mol. The number of benzene rings is 1. The molecule has 1 aliphatic carbocycles. The normalized spacial score (nSPS) is 24.4. The third-order valence-corrected chi connectivity index (χ3v) is 4.85. The third kappa shape index (κ3) is 2.51. The van der Waals surface area contributed by atoms with Gasteiger partial charge in [0.1, 0.15) is 22.1 Å². The minimum absolute atomic E-state index is 0.00778. The molecule has 1 aliphatic heterocycles. The van der Waals surface area contributed by atoms with Crippen molar-refractivity contribution >= 4 is 23.2 Å². The standard InChI is InChI=1S/C17H15ClF2O6/c1-7-4-8(21)5-11(24-3)17(7)15(22)12-9(25-16(19)20)6-10(23-2)13(18)14(12)26-17/h5-7,16H,4H2,1-3H3/t7-,17+/m1/s1. The fourth-order valence-electron chi connectivity index (χ4n) is 3.33. The van der Waals surface area contributed by atoms with E-state index in [2.05, 4.69) is 4.74 Å². The van der Waals surface area contributed by atoms with Gasteiger partial charge in [-0.15, -0.1) is 0 Å². The summed E-state index contributed by atoms with van der Waals surface area (Å²) < 4.78 is 46.3. The SMILES string of the molecule is COC1=CC(=O)C[C@@H](C)[C@]12Oc1c(Cl)c(OC)cc(OC(F)F)c1C2=O. The van der Waals surface area contributed by atoms with E-state index >= 15 is 0 Å². The Bertz CT molecular complexity index is 822. The van der Waals surface area contributed by atoms with Crippen LogP contribution in [0.5, 0.6) is 17.2 Å². The molecule has 140 valence electrons. The summed E-state index contributed by atoms with van der Waals surface area (Å²) in [6.07, 6.45) is 1.19. The molecule has 1 heterocycles. The van der Waals surface area contributed by atoms with Gasteiger partial charge in [-0.25, -0.2) is 0 Å².